The van der Waals surface area contributed by atoms with Gasteiger partial charge in [-0.3, -0.25) is 24.1 Å². The minimum Gasteiger partial charge on any atom is -0.493 e. The first-order valence-corrected chi connectivity index (χ1v) is 16.7. The Kier molecular flexibility index (Phi) is 7.02. The molecular weight excluding hydrogens is 630 g/mol. The van der Waals surface area contributed by atoms with Gasteiger partial charge < -0.3 is 19.8 Å². The van der Waals surface area contributed by atoms with Crippen LogP contribution >= 0.6 is 23.1 Å². The van der Waals surface area contributed by atoms with E-state index in [4.69, 9.17) is 9.47 Å². The fourth-order valence-corrected chi connectivity index (χ4v) is 11.0. The second kappa shape index (κ2) is 11.1. The Labute approximate surface area is 271 Å². The summed E-state index contributed by atoms with van der Waals surface area (Å²) in [5.41, 5.74) is 1.96. The molecule has 7 atom stereocenters. The van der Waals surface area contributed by atoms with Crippen LogP contribution < -0.4 is 24.6 Å². The number of benzene rings is 3. The van der Waals surface area contributed by atoms with Crippen molar-refractivity contribution in [3.05, 3.63) is 98.7 Å². The number of halogens is 1. The van der Waals surface area contributed by atoms with Crippen LogP contribution in [0, 0.1) is 35.4 Å². The maximum atomic E-state index is 13.9. The van der Waals surface area contributed by atoms with Crippen LogP contribution in [0.5, 0.6) is 11.5 Å². The molecular formula is C34H28FN3O6S2. The summed E-state index contributed by atoms with van der Waals surface area (Å²) in [6.45, 7) is -0.289. The third-order valence-electron chi connectivity index (χ3n) is 9.77. The predicted molar refractivity (Wildman–Crippen MR) is 171 cm³/mol. The standard InChI is InChI=1S/C34H28FN3O6S2/c1-43-23-13-16(7-12-22(23)44-15-24(39)36-18-10-8-17(35)9-11-18)25-26-20-14-21(29(26)45-31-30(25)46-34(42)37-31)28-27(20)32(40)38(33(28)41)19-5-3-2-4-6-19/h2-13,20-21,25-29H,14-15H2,1H3,(H,36,39)(H,37,42)/t20?,21?,25-,26?,27?,28?,29?/m1/s1. The Balaban J connectivity index is 1.09. The molecule has 0 spiro atoms. The number of imide groups is 1. The van der Waals surface area contributed by atoms with Gasteiger partial charge in [-0.15, -0.1) is 11.8 Å². The number of aromatic nitrogens is 1. The van der Waals surface area contributed by atoms with Crippen molar-refractivity contribution in [1.29, 1.82) is 0 Å². The van der Waals surface area contributed by atoms with Gasteiger partial charge in [-0.1, -0.05) is 35.6 Å². The molecule has 8 rings (SSSR count). The quantitative estimate of drug-likeness (QED) is 0.260. The number of thiazole rings is 1. The fourth-order valence-electron chi connectivity index (χ4n) is 8.09. The van der Waals surface area contributed by atoms with E-state index >= 15 is 0 Å². The lowest BCUT2D eigenvalue weighted by Gasteiger charge is -2.43. The molecule has 4 aromatic rings. The maximum Gasteiger partial charge on any atom is 0.305 e. The Morgan fingerprint density at radius 1 is 0.978 bits per heavy atom. The SMILES string of the molecule is COc1cc([C@H]2c3sc(=O)[nH]c3SC3C4CC(C5C(=O)N(c6ccccc6)C(=O)C45)C32)ccc1OCC(=O)Nc1ccc(F)cc1. The number of nitrogens with one attached hydrogen (secondary N) is 2. The van der Waals surface area contributed by atoms with Gasteiger partial charge in [0.2, 0.25) is 11.8 Å². The number of carbonyl (C=O) groups is 3. The van der Waals surface area contributed by atoms with Crippen molar-refractivity contribution in [2.75, 3.05) is 23.9 Å². The molecule has 6 unspecified atom stereocenters. The number of para-hydroxylation sites is 1. The van der Waals surface area contributed by atoms with Crippen molar-refractivity contribution < 1.29 is 28.2 Å². The molecule has 2 aliphatic carbocycles. The van der Waals surface area contributed by atoms with Gasteiger partial charge in [0, 0.05) is 21.7 Å². The number of aromatic amines is 1. The highest BCUT2D eigenvalue weighted by molar-refractivity contribution is 8.00. The molecule has 12 heteroatoms. The molecule has 2 saturated carbocycles. The smallest absolute Gasteiger partial charge is 0.305 e. The van der Waals surface area contributed by atoms with Crippen molar-refractivity contribution in [3.8, 4) is 11.5 Å². The Hall–Kier alpha value is -4.42. The summed E-state index contributed by atoms with van der Waals surface area (Å²) in [6, 6.07) is 20.1. The minimum atomic E-state index is -0.413. The molecule has 0 radical (unpaired) electrons. The van der Waals surface area contributed by atoms with E-state index in [1.165, 1.54) is 47.6 Å². The van der Waals surface area contributed by atoms with Crippen LogP contribution in [0.1, 0.15) is 22.8 Å². The number of hydrogen-bond acceptors (Lipinski definition) is 8. The summed E-state index contributed by atoms with van der Waals surface area (Å²) in [7, 11) is 1.52. The van der Waals surface area contributed by atoms with Crippen LogP contribution in [-0.2, 0) is 14.4 Å². The monoisotopic (exact) mass is 657 g/mol. The molecule has 3 heterocycles. The average Bonchev–Trinajstić information content (AvgIpc) is 3.80. The zero-order chi connectivity index (χ0) is 31.7. The van der Waals surface area contributed by atoms with Crippen LogP contribution in [0.2, 0.25) is 0 Å². The Bertz CT molecular complexity index is 1930. The second-order valence-electron chi connectivity index (χ2n) is 12.1. The minimum absolute atomic E-state index is 0.0123. The first-order chi connectivity index (χ1) is 22.3. The maximum absolute atomic E-state index is 13.9. The molecule has 2 aliphatic heterocycles. The van der Waals surface area contributed by atoms with E-state index in [1.807, 2.05) is 30.3 Å². The molecule has 9 nitrogen and oxygen atoms in total. The van der Waals surface area contributed by atoms with Gasteiger partial charge in [0.25, 0.3) is 5.91 Å². The lowest BCUT2D eigenvalue weighted by Crippen LogP contribution is -2.42. The van der Waals surface area contributed by atoms with Gasteiger partial charge in [-0.25, -0.2) is 4.39 Å². The van der Waals surface area contributed by atoms with Gasteiger partial charge >= 0.3 is 4.87 Å². The number of anilines is 2. The van der Waals surface area contributed by atoms with E-state index in [1.54, 1.807) is 30.0 Å². The molecule has 2 N–H and O–H groups in total. The lowest BCUT2D eigenvalue weighted by molar-refractivity contribution is -0.123. The van der Waals surface area contributed by atoms with Crippen molar-refractivity contribution in [3.63, 3.8) is 0 Å². The van der Waals surface area contributed by atoms with Gasteiger partial charge in [0.05, 0.1) is 29.7 Å². The van der Waals surface area contributed by atoms with Crippen molar-refractivity contribution in [2.24, 2.45) is 29.6 Å². The number of ether oxygens (including phenoxy) is 2. The van der Waals surface area contributed by atoms with Crippen LogP contribution in [-0.4, -0.2) is 41.7 Å². The van der Waals surface area contributed by atoms with E-state index in [-0.39, 0.29) is 58.1 Å². The molecule has 46 heavy (non-hydrogen) atoms. The number of nitrogens with zero attached hydrogens (tertiary/aromatic N) is 1. The normalized spacial score (nSPS) is 27.3. The highest BCUT2D eigenvalue weighted by Crippen LogP contribution is 2.68. The zero-order valence-electron chi connectivity index (χ0n) is 24.5. The molecule has 3 fully saturated rings. The van der Waals surface area contributed by atoms with E-state index in [0.29, 0.717) is 22.9 Å². The summed E-state index contributed by atoms with van der Waals surface area (Å²) in [4.78, 5) is 58.0. The average molecular weight is 658 g/mol. The number of fused-ring (bicyclic) bond motifs is 9. The van der Waals surface area contributed by atoms with Crippen LogP contribution in [0.4, 0.5) is 15.8 Å². The molecule has 1 aromatic heterocycles. The summed E-state index contributed by atoms with van der Waals surface area (Å²) < 4.78 is 24.7. The molecule has 1 saturated heterocycles. The number of rotatable bonds is 7. The number of amides is 3. The third-order valence-corrected chi connectivity index (χ3v) is 12.4. The molecule has 2 bridgehead atoms. The first kappa shape index (κ1) is 29.0. The van der Waals surface area contributed by atoms with Gasteiger partial charge in [0.15, 0.2) is 18.1 Å². The topological polar surface area (TPSA) is 118 Å². The first-order valence-electron chi connectivity index (χ1n) is 15.0. The molecule has 3 aromatic carbocycles. The molecule has 4 aliphatic rings. The molecule has 3 amide bonds. The van der Waals surface area contributed by atoms with Crippen molar-refractivity contribution in [2.45, 2.75) is 22.6 Å². The lowest BCUT2D eigenvalue weighted by atomic mass is 9.68. The summed E-state index contributed by atoms with van der Waals surface area (Å²) in [6.07, 6.45) is 0.787. The third kappa shape index (κ3) is 4.57. The highest BCUT2D eigenvalue weighted by atomic mass is 32.2. The van der Waals surface area contributed by atoms with Gasteiger partial charge in [-0.05, 0) is 78.3 Å². The van der Waals surface area contributed by atoms with Gasteiger partial charge in [-0.2, -0.15) is 0 Å². The Morgan fingerprint density at radius 3 is 2.46 bits per heavy atom. The number of hydrogen-bond donors (Lipinski definition) is 2. The second-order valence-corrected chi connectivity index (χ2v) is 14.3. The largest absolute Gasteiger partial charge is 0.493 e. The van der Waals surface area contributed by atoms with Crippen LogP contribution in [0.3, 0.4) is 0 Å². The number of carbonyl (C=O) groups excluding carboxylic acids is 3. The summed E-state index contributed by atoms with van der Waals surface area (Å²) in [5, 5.41) is 3.54. The Morgan fingerprint density at radius 2 is 1.72 bits per heavy atom. The fraction of sp³-hybridized carbons (Fsp3) is 0.294. The van der Waals surface area contributed by atoms with E-state index in [9.17, 15) is 23.6 Å². The van der Waals surface area contributed by atoms with E-state index in [2.05, 4.69) is 10.3 Å². The summed E-state index contributed by atoms with van der Waals surface area (Å²) >= 11 is 2.82. The van der Waals surface area contributed by atoms with Crippen molar-refractivity contribution in [1.82, 2.24) is 4.98 Å². The van der Waals surface area contributed by atoms with Crippen LogP contribution in [0.25, 0.3) is 0 Å². The predicted octanol–water partition coefficient (Wildman–Crippen LogP) is 5.28. The number of thioether (sulfide) groups is 1. The number of H-pyrrole nitrogens is 1. The van der Waals surface area contributed by atoms with E-state index in [0.717, 1.165) is 21.9 Å². The molecule has 234 valence electrons. The number of methoxy groups -OCH3 is 1. The van der Waals surface area contributed by atoms with Crippen molar-refractivity contribution >= 4 is 52.2 Å². The van der Waals surface area contributed by atoms with Crippen LogP contribution in [0.15, 0.2) is 82.6 Å². The van der Waals surface area contributed by atoms with E-state index < -0.39 is 17.6 Å². The summed E-state index contributed by atoms with van der Waals surface area (Å²) in [5.74, 6) is -1.23. The highest BCUT2D eigenvalue weighted by Gasteiger charge is 2.69. The zero-order valence-corrected chi connectivity index (χ0v) is 26.1. The van der Waals surface area contributed by atoms with Gasteiger partial charge in [0.1, 0.15) is 5.82 Å².